The molecule has 1 aliphatic rings. The lowest BCUT2D eigenvalue weighted by atomic mass is 10.1. The minimum atomic E-state index is -4.35. The van der Waals surface area contributed by atoms with Crippen LogP contribution < -0.4 is 15.5 Å². The van der Waals surface area contributed by atoms with Crippen molar-refractivity contribution in [3.05, 3.63) is 29.8 Å². The van der Waals surface area contributed by atoms with Crippen LogP contribution in [0, 0.1) is 0 Å². The van der Waals surface area contributed by atoms with E-state index in [9.17, 15) is 18.0 Å². The second-order valence-corrected chi connectivity index (χ2v) is 6.15. The standard InChI is InChI=1S/C18H26F3N5O/c1-3-22-16(27)13-24-17(23-4-2)26-10-8-25(9-11-26)15-7-5-6-14(12-15)18(19,20)21/h5-7,12H,3-4,8-11,13H2,1-2H3,(H,22,27)(H,23,24). The molecule has 2 N–H and O–H groups in total. The average molecular weight is 385 g/mol. The first-order chi connectivity index (χ1) is 12.8. The van der Waals surface area contributed by atoms with Crippen LogP contribution in [-0.2, 0) is 11.0 Å². The maximum Gasteiger partial charge on any atom is 0.416 e. The van der Waals surface area contributed by atoms with Crippen molar-refractivity contribution in [1.82, 2.24) is 15.5 Å². The van der Waals surface area contributed by atoms with Crippen LogP contribution in [0.2, 0.25) is 0 Å². The van der Waals surface area contributed by atoms with Gasteiger partial charge in [0.2, 0.25) is 5.91 Å². The number of hydrogen-bond acceptors (Lipinski definition) is 3. The predicted octanol–water partition coefficient (Wildman–Crippen LogP) is 1.93. The number of nitrogens with one attached hydrogen (secondary N) is 2. The van der Waals surface area contributed by atoms with E-state index in [0.717, 1.165) is 6.07 Å². The van der Waals surface area contributed by atoms with Crippen LogP contribution in [0.15, 0.2) is 29.3 Å². The summed E-state index contributed by atoms with van der Waals surface area (Å²) in [7, 11) is 0. The molecular formula is C18H26F3N5O. The normalized spacial score (nSPS) is 15.7. The molecule has 0 bridgehead atoms. The molecule has 27 heavy (non-hydrogen) atoms. The molecule has 0 aromatic heterocycles. The van der Waals surface area contributed by atoms with Crippen molar-refractivity contribution in [2.75, 3.05) is 50.7 Å². The highest BCUT2D eigenvalue weighted by atomic mass is 19.4. The van der Waals surface area contributed by atoms with Crippen molar-refractivity contribution >= 4 is 17.6 Å². The van der Waals surface area contributed by atoms with Crippen molar-refractivity contribution < 1.29 is 18.0 Å². The van der Waals surface area contributed by atoms with Crippen LogP contribution in [0.1, 0.15) is 19.4 Å². The molecular weight excluding hydrogens is 359 g/mol. The third kappa shape index (κ3) is 6.04. The van der Waals surface area contributed by atoms with Gasteiger partial charge in [0.25, 0.3) is 0 Å². The highest BCUT2D eigenvalue weighted by Gasteiger charge is 2.31. The molecule has 1 amide bonds. The monoisotopic (exact) mass is 385 g/mol. The van der Waals surface area contributed by atoms with Crippen LogP contribution in [0.25, 0.3) is 0 Å². The topological polar surface area (TPSA) is 60.0 Å². The third-order valence-corrected chi connectivity index (χ3v) is 4.20. The second-order valence-electron chi connectivity index (χ2n) is 6.15. The van der Waals surface area contributed by atoms with Gasteiger partial charge in [0.15, 0.2) is 5.96 Å². The summed E-state index contributed by atoms with van der Waals surface area (Å²) in [5, 5.41) is 5.86. The molecule has 1 aromatic carbocycles. The van der Waals surface area contributed by atoms with Gasteiger partial charge in [0.1, 0.15) is 6.54 Å². The quantitative estimate of drug-likeness (QED) is 0.601. The van der Waals surface area contributed by atoms with E-state index in [4.69, 9.17) is 0 Å². The van der Waals surface area contributed by atoms with E-state index in [1.165, 1.54) is 12.1 Å². The lowest BCUT2D eigenvalue weighted by Crippen LogP contribution is -2.52. The molecule has 0 aliphatic carbocycles. The van der Waals surface area contributed by atoms with E-state index in [2.05, 4.69) is 15.6 Å². The fourth-order valence-electron chi connectivity index (χ4n) is 2.88. The van der Waals surface area contributed by atoms with Crippen LogP contribution in [-0.4, -0.2) is 62.6 Å². The average Bonchev–Trinajstić information content (AvgIpc) is 2.65. The molecule has 0 radical (unpaired) electrons. The fourth-order valence-corrected chi connectivity index (χ4v) is 2.88. The SMILES string of the molecule is CCNC(=O)CN=C(NCC)N1CCN(c2cccc(C(F)(F)F)c2)CC1. The van der Waals surface area contributed by atoms with Gasteiger partial charge in [-0.25, -0.2) is 4.99 Å². The Morgan fingerprint density at radius 3 is 2.37 bits per heavy atom. The Balaban J connectivity index is 2.00. The molecule has 1 fully saturated rings. The van der Waals surface area contributed by atoms with Gasteiger partial charge in [-0.3, -0.25) is 4.79 Å². The number of alkyl halides is 3. The van der Waals surface area contributed by atoms with Crippen LogP contribution in [0.4, 0.5) is 18.9 Å². The van der Waals surface area contributed by atoms with Gasteiger partial charge in [-0.15, -0.1) is 0 Å². The Morgan fingerprint density at radius 1 is 1.11 bits per heavy atom. The Kier molecular flexibility index (Phi) is 7.32. The van der Waals surface area contributed by atoms with Crippen molar-refractivity contribution in [3.8, 4) is 0 Å². The number of aliphatic imine (C=N–C) groups is 1. The molecule has 0 spiro atoms. The molecule has 9 heteroatoms. The van der Waals surface area contributed by atoms with Crippen molar-refractivity contribution in [3.63, 3.8) is 0 Å². The van der Waals surface area contributed by atoms with Crippen molar-refractivity contribution in [1.29, 1.82) is 0 Å². The zero-order valence-corrected chi connectivity index (χ0v) is 15.6. The molecule has 0 atom stereocenters. The Labute approximate surface area is 157 Å². The number of piperazine rings is 1. The van der Waals surface area contributed by atoms with E-state index < -0.39 is 11.7 Å². The summed E-state index contributed by atoms with van der Waals surface area (Å²) >= 11 is 0. The molecule has 1 aromatic rings. The number of nitrogens with zero attached hydrogens (tertiary/aromatic N) is 3. The molecule has 1 heterocycles. The summed E-state index contributed by atoms with van der Waals surface area (Å²) in [4.78, 5) is 19.9. The van der Waals surface area contributed by atoms with Crippen LogP contribution in [0.5, 0.6) is 0 Å². The number of hydrogen-bond donors (Lipinski definition) is 2. The third-order valence-electron chi connectivity index (χ3n) is 4.20. The molecule has 2 rings (SSSR count). The highest BCUT2D eigenvalue weighted by Crippen LogP contribution is 2.31. The summed E-state index contributed by atoms with van der Waals surface area (Å²) in [6.45, 7) is 7.43. The Bertz CT molecular complexity index is 655. The van der Waals surface area contributed by atoms with Gasteiger partial charge < -0.3 is 20.4 Å². The predicted molar refractivity (Wildman–Crippen MR) is 99.9 cm³/mol. The van der Waals surface area contributed by atoms with E-state index in [1.54, 1.807) is 6.07 Å². The van der Waals surface area contributed by atoms with E-state index >= 15 is 0 Å². The van der Waals surface area contributed by atoms with Crippen molar-refractivity contribution in [2.24, 2.45) is 4.99 Å². The fraction of sp³-hybridized carbons (Fsp3) is 0.556. The number of halogens is 3. The Hall–Kier alpha value is -2.45. The number of likely N-dealkylation sites (N-methyl/N-ethyl adjacent to an activating group) is 1. The van der Waals surface area contributed by atoms with Gasteiger partial charge in [0.05, 0.1) is 5.56 Å². The molecule has 1 saturated heterocycles. The molecule has 6 nitrogen and oxygen atoms in total. The first-order valence-electron chi connectivity index (χ1n) is 9.07. The van der Waals surface area contributed by atoms with E-state index in [-0.39, 0.29) is 12.5 Å². The number of guanidine groups is 1. The van der Waals surface area contributed by atoms with Gasteiger partial charge >= 0.3 is 6.18 Å². The zero-order chi connectivity index (χ0) is 19.9. The summed E-state index contributed by atoms with van der Waals surface area (Å²) in [6, 6.07) is 5.39. The Morgan fingerprint density at radius 2 is 1.78 bits per heavy atom. The van der Waals surface area contributed by atoms with Gasteiger partial charge in [-0.2, -0.15) is 13.2 Å². The van der Waals surface area contributed by atoms with Crippen molar-refractivity contribution in [2.45, 2.75) is 20.0 Å². The largest absolute Gasteiger partial charge is 0.416 e. The molecule has 1 aliphatic heterocycles. The minimum Gasteiger partial charge on any atom is -0.368 e. The smallest absolute Gasteiger partial charge is 0.368 e. The lowest BCUT2D eigenvalue weighted by molar-refractivity contribution is -0.137. The lowest BCUT2D eigenvalue weighted by Gasteiger charge is -2.37. The minimum absolute atomic E-state index is 0.0457. The summed E-state index contributed by atoms with van der Waals surface area (Å²) in [5.41, 5.74) is -0.0759. The summed E-state index contributed by atoms with van der Waals surface area (Å²) < 4.78 is 38.7. The van der Waals surface area contributed by atoms with E-state index in [0.29, 0.717) is 50.9 Å². The summed E-state index contributed by atoms with van der Waals surface area (Å²) in [6.07, 6.45) is -4.35. The molecule has 150 valence electrons. The number of anilines is 1. The summed E-state index contributed by atoms with van der Waals surface area (Å²) in [5.74, 6) is 0.503. The number of benzene rings is 1. The number of carbonyl (C=O) groups excluding carboxylic acids is 1. The highest BCUT2D eigenvalue weighted by molar-refractivity contribution is 5.85. The zero-order valence-electron chi connectivity index (χ0n) is 15.6. The maximum atomic E-state index is 12.9. The number of rotatable bonds is 5. The van der Waals surface area contributed by atoms with Gasteiger partial charge in [-0.05, 0) is 32.0 Å². The number of amides is 1. The van der Waals surface area contributed by atoms with E-state index in [1.807, 2.05) is 23.6 Å². The van der Waals surface area contributed by atoms with Crippen LogP contribution in [0.3, 0.4) is 0 Å². The van der Waals surface area contributed by atoms with Gasteiger partial charge in [-0.1, -0.05) is 6.07 Å². The van der Waals surface area contributed by atoms with Gasteiger partial charge in [0, 0.05) is 45.0 Å². The molecule has 0 saturated carbocycles. The van der Waals surface area contributed by atoms with Crippen LogP contribution >= 0.6 is 0 Å². The first kappa shape index (κ1) is 20.9. The number of carbonyl (C=O) groups is 1. The maximum absolute atomic E-state index is 12.9. The first-order valence-corrected chi connectivity index (χ1v) is 9.07. The second kappa shape index (κ2) is 9.48. The molecule has 0 unspecified atom stereocenters.